The molecule has 0 aliphatic heterocycles. The van der Waals surface area contributed by atoms with Crippen LogP contribution in [0.3, 0.4) is 0 Å². The highest BCUT2D eigenvalue weighted by Gasteiger charge is 2.08. The lowest BCUT2D eigenvalue weighted by atomic mass is 10.00. The summed E-state index contributed by atoms with van der Waals surface area (Å²) in [5.41, 5.74) is 8.86. The Morgan fingerprint density at radius 2 is 1.83 bits per heavy atom. The lowest BCUT2D eigenvalue weighted by molar-refractivity contribution is -0.0497. The molecule has 2 aromatic rings. The van der Waals surface area contributed by atoms with E-state index in [1.165, 1.54) is 6.07 Å². The Bertz CT molecular complexity index is 555. The van der Waals surface area contributed by atoms with Crippen LogP contribution >= 0.6 is 0 Å². The summed E-state index contributed by atoms with van der Waals surface area (Å²) < 4.78 is 28.8. The molecule has 2 nitrogen and oxygen atoms in total. The summed E-state index contributed by atoms with van der Waals surface area (Å²) in [6.45, 7) is -0.900. The van der Waals surface area contributed by atoms with Gasteiger partial charge in [-0.15, -0.1) is 0 Å². The second-order valence-electron chi connectivity index (χ2n) is 3.98. The molecular formula is C14H13F2NO. The molecule has 0 saturated carbocycles. The SMILES string of the molecule is Cc1ccccc1-c1cc(N)cc(OC(F)F)c1. The Labute approximate surface area is 104 Å². The Morgan fingerprint density at radius 1 is 1.11 bits per heavy atom. The summed E-state index contributed by atoms with van der Waals surface area (Å²) in [4.78, 5) is 0. The Morgan fingerprint density at radius 3 is 2.50 bits per heavy atom. The van der Waals surface area contributed by atoms with Crippen molar-refractivity contribution in [3.63, 3.8) is 0 Å². The summed E-state index contributed by atoms with van der Waals surface area (Å²) in [7, 11) is 0. The van der Waals surface area contributed by atoms with Crippen molar-refractivity contribution in [1.29, 1.82) is 0 Å². The molecule has 0 aliphatic carbocycles. The fourth-order valence-electron chi connectivity index (χ4n) is 1.85. The first-order chi connectivity index (χ1) is 8.56. The fourth-order valence-corrected chi connectivity index (χ4v) is 1.85. The number of nitrogen functional groups attached to an aromatic ring is 1. The van der Waals surface area contributed by atoms with Gasteiger partial charge in [0.15, 0.2) is 0 Å². The maximum Gasteiger partial charge on any atom is 0.387 e. The molecule has 0 aliphatic rings. The summed E-state index contributed by atoms with van der Waals surface area (Å²) in [6.07, 6.45) is 0. The van der Waals surface area contributed by atoms with Crippen molar-refractivity contribution in [2.24, 2.45) is 0 Å². The predicted molar refractivity (Wildman–Crippen MR) is 67.7 cm³/mol. The first kappa shape index (κ1) is 12.4. The number of rotatable bonds is 3. The molecule has 0 fully saturated rings. The van der Waals surface area contributed by atoms with Gasteiger partial charge in [0.25, 0.3) is 0 Å². The summed E-state index contributed by atoms with van der Waals surface area (Å²) in [5.74, 6) is 0.0725. The molecular weight excluding hydrogens is 236 g/mol. The average Bonchev–Trinajstić information content (AvgIpc) is 2.27. The van der Waals surface area contributed by atoms with Gasteiger partial charge in [-0.1, -0.05) is 24.3 Å². The molecule has 0 amide bonds. The van der Waals surface area contributed by atoms with E-state index in [4.69, 9.17) is 5.73 Å². The highest BCUT2D eigenvalue weighted by atomic mass is 19.3. The van der Waals surface area contributed by atoms with Gasteiger partial charge < -0.3 is 10.5 Å². The monoisotopic (exact) mass is 249 g/mol. The van der Waals surface area contributed by atoms with E-state index in [9.17, 15) is 8.78 Å². The van der Waals surface area contributed by atoms with E-state index in [0.717, 1.165) is 16.7 Å². The van der Waals surface area contributed by atoms with Crippen LogP contribution in [0.15, 0.2) is 42.5 Å². The van der Waals surface area contributed by atoms with E-state index in [1.54, 1.807) is 12.1 Å². The second-order valence-corrected chi connectivity index (χ2v) is 3.98. The molecule has 2 rings (SSSR count). The van der Waals surface area contributed by atoms with Crippen LogP contribution in [0.5, 0.6) is 5.75 Å². The molecule has 0 unspecified atom stereocenters. The van der Waals surface area contributed by atoms with Crippen molar-refractivity contribution in [3.05, 3.63) is 48.0 Å². The zero-order chi connectivity index (χ0) is 13.1. The minimum Gasteiger partial charge on any atom is -0.435 e. The lowest BCUT2D eigenvalue weighted by Crippen LogP contribution is -2.02. The van der Waals surface area contributed by atoms with Crippen LogP contribution < -0.4 is 10.5 Å². The smallest absolute Gasteiger partial charge is 0.387 e. The van der Waals surface area contributed by atoms with Gasteiger partial charge in [-0.3, -0.25) is 0 Å². The van der Waals surface area contributed by atoms with E-state index < -0.39 is 6.61 Å². The van der Waals surface area contributed by atoms with Crippen LogP contribution in [0.1, 0.15) is 5.56 Å². The van der Waals surface area contributed by atoms with Crippen molar-refractivity contribution >= 4 is 5.69 Å². The fraction of sp³-hybridized carbons (Fsp3) is 0.143. The van der Waals surface area contributed by atoms with Crippen LogP contribution in [0.4, 0.5) is 14.5 Å². The molecule has 0 saturated heterocycles. The molecule has 2 N–H and O–H groups in total. The molecule has 0 bridgehead atoms. The van der Waals surface area contributed by atoms with Gasteiger partial charge in [0.05, 0.1) is 0 Å². The highest BCUT2D eigenvalue weighted by Crippen LogP contribution is 2.30. The van der Waals surface area contributed by atoms with Crippen LogP contribution in [0.25, 0.3) is 11.1 Å². The average molecular weight is 249 g/mol. The largest absolute Gasteiger partial charge is 0.435 e. The molecule has 0 heterocycles. The molecule has 0 atom stereocenters. The van der Waals surface area contributed by atoms with Gasteiger partial charge in [0, 0.05) is 11.8 Å². The molecule has 2 aromatic carbocycles. The van der Waals surface area contributed by atoms with Crippen molar-refractivity contribution in [3.8, 4) is 16.9 Å². The summed E-state index contributed by atoms with van der Waals surface area (Å²) in [6, 6.07) is 12.3. The third kappa shape index (κ3) is 2.77. The van der Waals surface area contributed by atoms with E-state index in [0.29, 0.717) is 5.69 Å². The number of hydrogen-bond acceptors (Lipinski definition) is 2. The Balaban J connectivity index is 2.45. The minimum atomic E-state index is -2.85. The molecule has 18 heavy (non-hydrogen) atoms. The van der Waals surface area contributed by atoms with Gasteiger partial charge in [0.1, 0.15) is 5.75 Å². The van der Waals surface area contributed by atoms with Crippen LogP contribution in [-0.4, -0.2) is 6.61 Å². The molecule has 94 valence electrons. The van der Waals surface area contributed by atoms with E-state index >= 15 is 0 Å². The number of nitrogens with two attached hydrogens (primary N) is 1. The minimum absolute atomic E-state index is 0.0725. The number of alkyl halides is 2. The predicted octanol–water partition coefficient (Wildman–Crippen LogP) is 3.85. The van der Waals surface area contributed by atoms with Crippen molar-refractivity contribution in [2.75, 3.05) is 5.73 Å². The number of anilines is 1. The zero-order valence-electron chi connectivity index (χ0n) is 9.86. The van der Waals surface area contributed by atoms with Crippen molar-refractivity contribution in [2.45, 2.75) is 13.5 Å². The normalized spacial score (nSPS) is 10.7. The maximum absolute atomic E-state index is 12.2. The Hall–Kier alpha value is -2.10. The van der Waals surface area contributed by atoms with Gasteiger partial charge in [-0.2, -0.15) is 8.78 Å². The summed E-state index contributed by atoms with van der Waals surface area (Å²) >= 11 is 0. The lowest BCUT2D eigenvalue weighted by Gasteiger charge is -2.10. The number of aryl methyl sites for hydroxylation is 1. The maximum atomic E-state index is 12.2. The molecule has 0 aromatic heterocycles. The van der Waals surface area contributed by atoms with Crippen LogP contribution in [0, 0.1) is 6.92 Å². The van der Waals surface area contributed by atoms with Crippen LogP contribution in [-0.2, 0) is 0 Å². The summed E-state index contributed by atoms with van der Waals surface area (Å²) in [5, 5.41) is 0. The first-order valence-electron chi connectivity index (χ1n) is 5.47. The van der Waals surface area contributed by atoms with Gasteiger partial charge in [0.2, 0.25) is 0 Å². The standard InChI is InChI=1S/C14H13F2NO/c1-9-4-2-3-5-13(9)10-6-11(17)8-12(7-10)18-14(15)16/h2-8,14H,17H2,1H3. The van der Waals surface area contributed by atoms with Crippen molar-refractivity contribution < 1.29 is 13.5 Å². The first-order valence-corrected chi connectivity index (χ1v) is 5.47. The number of ether oxygens (including phenoxy) is 1. The topological polar surface area (TPSA) is 35.2 Å². The van der Waals surface area contributed by atoms with E-state index in [-0.39, 0.29) is 5.75 Å². The quantitative estimate of drug-likeness (QED) is 0.838. The molecule has 4 heteroatoms. The third-order valence-corrected chi connectivity index (χ3v) is 2.61. The van der Waals surface area contributed by atoms with Crippen LogP contribution in [0.2, 0.25) is 0 Å². The molecule has 0 radical (unpaired) electrons. The van der Waals surface area contributed by atoms with E-state index in [1.807, 2.05) is 31.2 Å². The highest BCUT2D eigenvalue weighted by molar-refractivity contribution is 5.72. The third-order valence-electron chi connectivity index (χ3n) is 2.61. The Kier molecular flexibility index (Phi) is 3.46. The van der Waals surface area contributed by atoms with E-state index in [2.05, 4.69) is 4.74 Å². The van der Waals surface area contributed by atoms with Gasteiger partial charge in [-0.05, 0) is 35.7 Å². The van der Waals surface area contributed by atoms with Gasteiger partial charge in [-0.25, -0.2) is 0 Å². The number of benzene rings is 2. The molecule has 0 spiro atoms. The van der Waals surface area contributed by atoms with Gasteiger partial charge >= 0.3 is 6.61 Å². The second kappa shape index (κ2) is 5.04. The van der Waals surface area contributed by atoms with Crippen molar-refractivity contribution in [1.82, 2.24) is 0 Å². The number of hydrogen-bond donors (Lipinski definition) is 1. The zero-order valence-corrected chi connectivity index (χ0v) is 9.86. The number of halogens is 2.